The molecule has 1 amide bonds. The van der Waals surface area contributed by atoms with Crippen molar-refractivity contribution in [1.82, 2.24) is 5.32 Å². The summed E-state index contributed by atoms with van der Waals surface area (Å²) in [6.45, 7) is 6.53. The predicted octanol–water partition coefficient (Wildman–Crippen LogP) is 20.1. The van der Waals surface area contributed by atoms with Gasteiger partial charge in [-0.15, -0.1) is 0 Å². The number of carbonyl (C=O) groups excluding carboxylic acids is 2. The van der Waals surface area contributed by atoms with E-state index < -0.39 is 32.5 Å². The Morgan fingerprint density at radius 3 is 1.18 bits per heavy atom. The van der Waals surface area contributed by atoms with Gasteiger partial charge in [-0.25, -0.2) is 0 Å². The Bertz CT molecular complexity index is 1980. The van der Waals surface area contributed by atoms with E-state index in [-0.39, 0.29) is 25.4 Å². The third-order valence-corrected chi connectivity index (χ3v) is 14.4. The van der Waals surface area contributed by atoms with E-state index in [9.17, 15) is 19.0 Å². The van der Waals surface area contributed by atoms with Crippen LogP contribution >= 0.6 is 7.82 Å². The summed E-state index contributed by atoms with van der Waals surface area (Å²) in [5.41, 5.74) is 0. The van der Waals surface area contributed by atoms with Crippen LogP contribution in [0.5, 0.6) is 0 Å². The first-order valence-electron chi connectivity index (χ1n) is 32.8. The molecule has 0 fully saturated rings. The summed E-state index contributed by atoms with van der Waals surface area (Å²) < 4.78 is 30.3. The zero-order valence-corrected chi connectivity index (χ0v) is 54.5. The maximum Gasteiger partial charge on any atom is 0.306 e. The molecule has 0 saturated heterocycles. The third-order valence-electron chi connectivity index (χ3n) is 13.5. The van der Waals surface area contributed by atoms with E-state index in [1.807, 2.05) is 39.4 Å². The van der Waals surface area contributed by atoms with E-state index in [0.29, 0.717) is 23.9 Å². The van der Waals surface area contributed by atoms with Crippen molar-refractivity contribution in [2.45, 2.75) is 251 Å². The van der Waals surface area contributed by atoms with Gasteiger partial charge in [-0.3, -0.25) is 14.2 Å². The van der Waals surface area contributed by atoms with E-state index in [4.69, 9.17) is 13.8 Å². The summed E-state index contributed by atoms with van der Waals surface area (Å²) in [4.78, 5) is 40.0. The molecule has 3 atom stereocenters. The van der Waals surface area contributed by atoms with Crippen LogP contribution in [0.25, 0.3) is 0 Å². The molecule has 83 heavy (non-hydrogen) atoms. The van der Waals surface area contributed by atoms with Gasteiger partial charge in [-0.05, 0) is 122 Å². The Hall–Kier alpha value is -4.37. The number of hydrogen-bond acceptors (Lipinski definition) is 7. The SMILES string of the molecule is CC/C=C\C/C=C\C/C=C\C/C=C\C/C=C\C/C=C\CCCCCCCCCCC(=O)NC(COP(=O)([O-])OCC[N+](C)(C)C)C(/C=C\CCCCCCCCCCC)OC(=O)CC/C=C\C/C=C\C/C=C\C/C=C\C/C=C\C/C=C\CC. The lowest BCUT2D eigenvalue weighted by molar-refractivity contribution is -0.870. The highest BCUT2D eigenvalue weighted by Crippen LogP contribution is 2.38. The van der Waals surface area contributed by atoms with Gasteiger partial charge in [0, 0.05) is 12.8 Å². The number of amides is 1. The molecule has 0 saturated carbocycles. The number of unbranched alkanes of at least 4 members (excludes halogenated alkanes) is 17. The number of ether oxygens (including phenoxy) is 1. The molecule has 0 aliphatic carbocycles. The minimum absolute atomic E-state index is 0.0444. The van der Waals surface area contributed by atoms with Crippen LogP contribution in [-0.2, 0) is 27.9 Å². The first kappa shape index (κ1) is 78.6. The molecular formula is C73H121N2O7P. The maximum absolute atomic E-state index is 13.6. The lowest BCUT2D eigenvalue weighted by Gasteiger charge is -2.30. The molecule has 0 spiro atoms. The zero-order valence-electron chi connectivity index (χ0n) is 53.6. The van der Waals surface area contributed by atoms with Gasteiger partial charge in [0.2, 0.25) is 5.91 Å². The summed E-state index contributed by atoms with van der Waals surface area (Å²) in [5.74, 6) is -0.661. The molecule has 0 bridgehead atoms. The predicted molar refractivity (Wildman–Crippen MR) is 357 cm³/mol. The van der Waals surface area contributed by atoms with Crippen molar-refractivity contribution in [3.05, 3.63) is 158 Å². The van der Waals surface area contributed by atoms with Crippen molar-refractivity contribution in [1.29, 1.82) is 0 Å². The fraction of sp³-hybridized carbons (Fsp3) is 0.616. The van der Waals surface area contributed by atoms with E-state index in [1.165, 1.54) is 70.6 Å². The van der Waals surface area contributed by atoms with E-state index in [0.717, 1.165) is 122 Å². The quantitative estimate of drug-likeness (QED) is 0.0212. The van der Waals surface area contributed by atoms with Crippen molar-refractivity contribution in [2.75, 3.05) is 40.9 Å². The van der Waals surface area contributed by atoms with E-state index in [1.54, 1.807) is 6.08 Å². The molecule has 9 nitrogen and oxygen atoms in total. The number of esters is 1. The first-order valence-corrected chi connectivity index (χ1v) is 34.3. The molecule has 10 heteroatoms. The summed E-state index contributed by atoms with van der Waals surface area (Å²) in [5, 5.41) is 3.00. The van der Waals surface area contributed by atoms with E-state index >= 15 is 0 Å². The van der Waals surface area contributed by atoms with Crippen LogP contribution in [0.15, 0.2) is 158 Å². The second-order valence-corrected chi connectivity index (χ2v) is 23.9. The highest BCUT2D eigenvalue weighted by Gasteiger charge is 2.27. The number of carbonyl (C=O) groups is 2. The topological polar surface area (TPSA) is 114 Å². The Kier molecular flexibility index (Phi) is 57.5. The van der Waals surface area contributed by atoms with Gasteiger partial charge in [0.05, 0.1) is 33.8 Å². The zero-order chi connectivity index (χ0) is 60.7. The molecule has 0 aromatic heterocycles. The molecule has 0 aromatic carbocycles. The number of hydrogen-bond donors (Lipinski definition) is 1. The number of allylic oxidation sites excluding steroid dienone is 25. The van der Waals surface area contributed by atoms with Gasteiger partial charge in [0.25, 0.3) is 7.82 Å². The normalized spacial score (nSPS) is 14.6. The Morgan fingerprint density at radius 2 is 0.783 bits per heavy atom. The monoisotopic (exact) mass is 1170 g/mol. The molecule has 470 valence electrons. The fourth-order valence-corrected chi connectivity index (χ4v) is 9.21. The molecule has 0 heterocycles. The number of rotatable bonds is 57. The molecule has 0 radical (unpaired) electrons. The lowest BCUT2D eigenvalue weighted by atomic mass is 10.1. The van der Waals surface area contributed by atoms with Crippen molar-refractivity contribution >= 4 is 19.7 Å². The summed E-state index contributed by atoms with van der Waals surface area (Å²) in [6.07, 6.45) is 89.5. The van der Waals surface area contributed by atoms with Crippen LogP contribution in [0.4, 0.5) is 0 Å². The number of nitrogens with one attached hydrogen (secondary N) is 1. The highest BCUT2D eigenvalue weighted by atomic mass is 31.2. The van der Waals surface area contributed by atoms with Crippen LogP contribution < -0.4 is 10.2 Å². The molecule has 0 aliphatic heterocycles. The maximum atomic E-state index is 13.6. The number of quaternary nitrogens is 1. The molecule has 3 unspecified atom stereocenters. The number of phosphoric ester groups is 1. The molecule has 0 rings (SSSR count). The van der Waals surface area contributed by atoms with Crippen molar-refractivity contribution in [3.8, 4) is 0 Å². The van der Waals surface area contributed by atoms with Crippen LogP contribution in [0.1, 0.15) is 239 Å². The van der Waals surface area contributed by atoms with Crippen molar-refractivity contribution < 1.29 is 37.3 Å². The largest absolute Gasteiger partial charge is 0.756 e. The van der Waals surface area contributed by atoms with Gasteiger partial charge in [0.15, 0.2) is 0 Å². The van der Waals surface area contributed by atoms with Crippen LogP contribution in [0, 0.1) is 0 Å². The molecular weight excluding hydrogens is 1050 g/mol. The second-order valence-electron chi connectivity index (χ2n) is 22.5. The van der Waals surface area contributed by atoms with E-state index in [2.05, 4.69) is 160 Å². The van der Waals surface area contributed by atoms with Gasteiger partial charge in [-0.1, -0.05) is 263 Å². The van der Waals surface area contributed by atoms with Crippen LogP contribution in [0.2, 0.25) is 0 Å². The first-order chi connectivity index (χ1) is 40.4. The molecule has 0 aliphatic rings. The van der Waals surface area contributed by atoms with Gasteiger partial charge in [0.1, 0.15) is 19.3 Å². The average Bonchev–Trinajstić information content (AvgIpc) is 3.51. The van der Waals surface area contributed by atoms with Crippen molar-refractivity contribution in [2.24, 2.45) is 0 Å². The standard InChI is InChI=1S/C73H121N2O7P/c1-7-10-13-16-19-22-25-27-29-31-33-34-35-36-37-38-39-40-42-43-45-47-50-53-56-59-62-65-72(76)74-70(69-81-83(78,79)80-68-67-75(4,5)6)71(64-61-58-55-52-49-24-21-18-15-12-9-3)82-73(77)66-63-60-57-54-51-48-46-44-41-32-30-28-26-23-20-17-14-11-8-2/h10-11,13-14,19-20,22-23,27-30,33-34,36-37,39-41,44,48,51,57,60-61,64,70-71H,7-9,12,15-18,21,24-26,31-32,35,38,42-43,45-47,49-50,52-56,58-59,62-63,65-69H2,1-6H3,(H-,74,76,78,79)/b13-10-,14-11-,22-19-,23-20-,29-27-,30-28-,34-33-,37-36-,40-39-,44-41-,51-48-,60-57-,64-61-. The second kappa shape index (κ2) is 60.7. The average molecular weight is 1170 g/mol. The third kappa shape index (κ3) is 62.0. The summed E-state index contributed by atoms with van der Waals surface area (Å²) in [7, 11) is 1.12. The van der Waals surface area contributed by atoms with Gasteiger partial charge >= 0.3 is 5.97 Å². The molecule has 0 aromatic rings. The minimum Gasteiger partial charge on any atom is -0.756 e. The van der Waals surface area contributed by atoms with Gasteiger partial charge in [-0.2, -0.15) is 0 Å². The van der Waals surface area contributed by atoms with Crippen molar-refractivity contribution in [3.63, 3.8) is 0 Å². The van der Waals surface area contributed by atoms with Crippen LogP contribution in [0.3, 0.4) is 0 Å². The number of likely N-dealkylation sites (N-methyl/N-ethyl adjacent to an activating group) is 1. The van der Waals surface area contributed by atoms with Crippen LogP contribution in [-0.4, -0.2) is 69.4 Å². The minimum atomic E-state index is -4.73. The Labute approximate surface area is 510 Å². The smallest absolute Gasteiger partial charge is 0.306 e. The number of nitrogens with zero attached hydrogens (tertiary/aromatic N) is 1. The Balaban J connectivity index is 5.23. The Morgan fingerprint density at radius 1 is 0.434 bits per heavy atom. The highest BCUT2D eigenvalue weighted by molar-refractivity contribution is 7.45. The summed E-state index contributed by atoms with van der Waals surface area (Å²) >= 11 is 0. The fourth-order valence-electron chi connectivity index (χ4n) is 8.49. The summed E-state index contributed by atoms with van der Waals surface area (Å²) in [6, 6.07) is -0.936. The lowest BCUT2D eigenvalue weighted by Crippen LogP contribution is -2.47. The number of phosphoric acid groups is 1. The van der Waals surface area contributed by atoms with Gasteiger partial charge < -0.3 is 28.5 Å². The molecule has 1 N–H and O–H groups in total.